The van der Waals surface area contributed by atoms with Gasteiger partial charge in [-0.25, -0.2) is 0 Å². The fraction of sp³-hybridized carbons (Fsp3) is 0.308. The van der Waals surface area contributed by atoms with Gasteiger partial charge in [0.25, 0.3) is 0 Å². The molecule has 0 bridgehead atoms. The van der Waals surface area contributed by atoms with Crippen molar-refractivity contribution < 1.29 is 23.1 Å². The normalized spacial score (nSPS) is 13.4. The minimum atomic E-state index is -3.51. The molecule has 19 heavy (non-hydrogen) atoms. The molecular weight excluding hydrogens is 267 g/mol. The fourth-order valence-corrected chi connectivity index (χ4v) is 2.56. The van der Waals surface area contributed by atoms with Crippen molar-refractivity contribution in [1.82, 2.24) is 0 Å². The number of hydrogen-bond acceptors (Lipinski definition) is 5. The highest BCUT2D eigenvalue weighted by Crippen LogP contribution is 2.52. The first kappa shape index (κ1) is 15.6. The first-order valence-corrected chi connectivity index (χ1v) is 7.24. The molecule has 1 atom stereocenters. The monoisotopic (exact) mass is 284 g/mol. The number of benzene rings is 1. The largest absolute Gasteiger partial charge is 0.445 e. The summed E-state index contributed by atoms with van der Waals surface area (Å²) >= 11 is 0. The summed E-state index contributed by atoms with van der Waals surface area (Å²) in [6.07, 6.45) is 3.18. The number of hydrogen-bond donors (Lipinski definition) is 0. The number of ether oxygens (including phenoxy) is 1. The van der Waals surface area contributed by atoms with E-state index in [2.05, 4.69) is 0 Å². The third kappa shape index (κ3) is 4.63. The summed E-state index contributed by atoms with van der Waals surface area (Å²) in [6, 6.07) is 9.35. The lowest BCUT2D eigenvalue weighted by atomic mass is 10.2. The van der Waals surface area contributed by atoms with Crippen LogP contribution < -0.4 is 0 Å². The van der Waals surface area contributed by atoms with Gasteiger partial charge < -0.3 is 13.8 Å². The van der Waals surface area contributed by atoms with E-state index in [4.69, 9.17) is 13.8 Å². The summed E-state index contributed by atoms with van der Waals surface area (Å²) in [5.41, 5.74) is 0.887. The van der Waals surface area contributed by atoms with Crippen molar-refractivity contribution in [3.05, 3.63) is 42.0 Å². The number of carbonyl (C=O) groups is 1. The van der Waals surface area contributed by atoms with Crippen LogP contribution in [0.2, 0.25) is 0 Å². The Bertz CT molecular complexity index is 475. The Labute approximate surface area is 112 Å². The van der Waals surface area contributed by atoms with Crippen molar-refractivity contribution in [3.8, 4) is 0 Å². The lowest BCUT2D eigenvalue weighted by Gasteiger charge is -2.21. The summed E-state index contributed by atoms with van der Waals surface area (Å²) in [4.78, 5) is 11.1. The van der Waals surface area contributed by atoms with Crippen LogP contribution in [0.1, 0.15) is 12.5 Å². The highest BCUT2D eigenvalue weighted by Gasteiger charge is 2.34. The van der Waals surface area contributed by atoms with Gasteiger partial charge >= 0.3 is 13.6 Å². The molecule has 0 unspecified atom stereocenters. The fourth-order valence-electron chi connectivity index (χ4n) is 1.42. The van der Waals surface area contributed by atoms with Gasteiger partial charge in [-0.1, -0.05) is 36.4 Å². The summed E-state index contributed by atoms with van der Waals surface area (Å²) in [6.45, 7) is 1.24. The second-order valence-electron chi connectivity index (χ2n) is 3.67. The molecule has 0 fully saturated rings. The summed E-state index contributed by atoms with van der Waals surface area (Å²) in [5.74, 6) is -1.63. The SMILES string of the molecule is COP(=O)(OC)[C@H](/C=C/c1ccccc1)OC(C)=O. The van der Waals surface area contributed by atoms with E-state index in [1.54, 1.807) is 6.08 Å². The smallest absolute Gasteiger partial charge is 0.374 e. The molecule has 1 aromatic rings. The van der Waals surface area contributed by atoms with Crippen molar-refractivity contribution in [1.29, 1.82) is 0 Å². The maximum absolute atomic E-state index is 12.2. The number of esters is 1. The molecule has 5 nitrogen and oxygen atoms in total. The molecule has 0 spiro atoms. The molecule has 0 aromatic heterocycles. The van der Waals surface area contributed by atoms with Crippen LogP contribution in [0, 0.1) is 0 Å². The van der Waals surface area contributed by atoms with Crippen LogP contribution in [0.25, 0.3) is 6.08 Å². The average molecular weight is 284 g/mol. The minimum absolute atomic E-state index is 0.558. The quantitative estimate of drug-likeness (QED) is 0.593. The van der Waals surface area contributed by atoms with E-state index in [0.29, 0.717) is 0 Å². The van der Waals surface area contributed by atoms with Crippen molar-refractivity contribution in [3.63, 3.8) is 0 Å². The van der Waals surface area contributed by atoms with Gasteiger partial charge in [-0.2, -0.15) is 0 Å². The van der Waals surface area contributed by atoms with E-state index >= 15 is 0 Å². The Morgan fingerprint density at radius 2 is 1.79 bits per heavy atom. The Kier molecular flexibility index (Phi) is 5.96. The van der Waals surface area contributed by atoms with Crippen LogP contribution in [0.4, 0.5) is 0 Å². The lowest BCUT2D eigenvalue weighted by Crippen LogP contribution is -2.16. The highest BCUT2D eigenvalue weighted by molar-refractivity contribution is 7.54. The Hall–Kier alpha value is -1.42. The molecule has 0 aliphatic rings. The van der Waals surface area contributed by atoms with Gasteiger partial charge in [-0.05, 0) is 11.6 Å². The molecule has 0 aliphatic carbocycles. The summed E-state index contributed by atoms with van der Waals surface area (Å²) in [7, 11) is -1.02. The minimum Gasteiger partial charge on any atom is -0.445 e. The van der Waals surface area contributed by atoms with Crippen LogP contribution in [0.15, 0.2) is 36.4 Å². The molecule has 6 heteroatoms. The first-order valence-electron chi connectivity index (χ1n) is 5.63. The zero-order valence-electron chi connectivity index (χ0n) is 11.1. The second-order valence-corrected chi connectivity index (χ2v) is 5.99. The summed E-state index contributed by atoms with van der Waals surface area (Å²) in [5, 5.41) is 0. The van der Waals surface area contributed by atoms with E-state index in [0.717, 1.165) is 5.56 Å². The third-order valence-corrected chi connectivity index (χ3v) is 4.28. The number of rotatable bonds is 6. The lowest BCUT2D eigenvalue weighted by molar-refractivity contribution is -0.141. The molecular formula is C13H17O5P. The molecule has 0 aliphatic heterocycles. The predicted molar refractivity (Wildman–Crippen MR) is 72.7 cm³/mol. The van der Waals surface area contributed by atoms with Gasteiger partial charge in [-0.3, -0.25) is 9.36 Å². The standard InChI is InChI=1S/C13H17O5P/c1-11(14)18-13(19(15,16-2)17-3)10-9-12-7-5-4-6-8-12/h4-10,13H,1-3H3/b10-9+/t13-/m1/s1. The van der Waals surface area contributed by atoms with Crippen LogP contribution in [0.3, 0.4) is 0 Å². The zero-order chi connectivity index (χ0) is 14.3. The topological polar surface area (TPSA) is 61.8 Å². The average Bonchev–Trinajstić information content (AvgIpc) is 2.43. The Morgan fingerprint density at radius 1 is 1.21 bits per heavy atom. The van der Waals surface area contributed by atoms with Gasteiger partial charge in [0.2, 0.25) is 5.85 Å². The maximum atomic E-state index is 12.2. The van der Waals surface area contributed by atoms with Crippen molar-refractivity contribution in [2.45, 2.75) is 12.8 Å². The van der Waals surface area contributed by atoms with E-state index in [1.807, 2.05) is 30.3 Å². The second kappa shape index (κ2) is 7.24. The molecule has 0 radical (unpaired) electrons. The maximum Gasteiger partial charge on any atom is 0.374 e. The van der Waals surface area contributed by atoms with Crippen LogP contribution >= 0.6 is 7.60 Å². The van der Waals surface area contributed by atoms with Gasteiger partial charge in [0.05, 0.1) is 0 Å². The van der Waals surface area contributed by atoms with E-state index in [9.17, 15) is 9.36 Å². The molecule has 1 rings (SSSR count). The van der Waals surface area contributed by atoms with E-state index < -0.39 is 19.4 Å². The van der Waals surface area contributed by atoms with Gasteiger partial charge in [0, 0.05) is 21.1 Å². The molecule has 0 saturated carbocycles. The molecule has 104 valence electrons. The van der Waals surface area contributed by atoms with Crippen molar-refractivity contribution in [2.24, 2.45) is 0 Å². The molecule has 0 N–H and O–H groups in total. The molecule has 1 aromatic carbocycles. The Morgan fingerprint density at radius 3 is 2.26 bits per heavy atom. The predicted octanol–water partition coefficient (Wildman–Crippen LogP) is 3.07. The van der Waals surface area contributed by atoms with E-state index in [1.165, 1.54) is 27.2 Å². The van der Waals surface area contributed by atoms with Crippen LogP contribution in [-0.4, -0.2) is 26.0 Å². The number of carbonyl (C=O) groups excluding carboxylic acids is 1. The Balaban J connectivity index is 2.95. The molecule has 0 heterocycles. The van der Waals surface area contributed by atoms with Gasteiger partial charge in [0.15, 0.2) is 0 Å². The van der Waals surface area contributed by atoms with E-state index in [-0.39, 0.29) is 0 Å². The summed E-state index contributed by atoms with van der Waals surface area (Å²) < 4.78 is 26.9. The van der Waals surface area contributed by atoms with Gasteiger partial charge in [0.1, 0.15) is 0 Å². The van der Waals surface area contributed by atoms with Crippen LogP contribution in [0.5, 0.6) is 0 Å². The zero-order valence-corrected chi connectivity index (χ0v) is 12.0. The van der Waals surface area contributed by atoms with Crippen LogP contribution in [-0.2, 0) is 23.1 Å². The van der Waals surface area contributed by atoms with Crippen molar-refractivity contribution >= 4 is 19.6 Å². The third-order valence-electron chi connectivity index (χ3n) is 2.36. The molecule has 0 amide bonds. The van der Waals surface area contributed by atoms with Crippen molar-refractivity contribution in [2.75, 3.05) is 14.2 Å². The van der Waals surface area contributed by atoms with Gasteiger partial charge in [-0.15, -0.1) is 0 Å². The molecule has 0 saturated heterocycles. The highest BCUT2D eigenvalue weighted by atomic mass is 31.2. The first-order chi connectivity index (χ1) is 9.01.